The Balaban J connectivity index is 0.00000180. The first-order valence-corrected chi connectivity index (χ1v) is 7.88. The van der Waals surface area contributed by atoms with Crippen LogP contribution in [0.25, 0.3) is 0 Å². The van der Waals surface area contributed by atoms with Crippen LogP contribution in [0, 0.1) is 0 Å². The number of aliphatic imine (C=N–C) groups is 1. The Hall–Kier alpha value is -0.800. The highest BCUT2D eigenvalue weighted by Gasteiger charge is 2.29. The van der Waals surface area contributed by atoms with Gasteiger partial charge in [0, 0.05) is 20.1 Å². The number of nitrogens with zero attached hydrogens (tertiary/aromatic N) is 2. The number of likely N-dealkylation sites (N-methyl/N-ethyl adjacent to an activating group) is 1. The Labute approximate surface area is 120 Å². The van der Waals surface area contributed by atoms with Gasteiger partial charge < -0.3 is 5.73 Å². The summed E-state index contributed by atoms with van der Waals surface area (Å²) in [6, 6.07) is 4.66. The summed E-state index contributed by atoms with van der Waals surface area (Å²) in [5.74, 6) is 0. The molecule has 0 saturated heterocycles. The van der Waals surface area contributed by atoms with Crippen LogP contribution in [-0.2, 0) is 20.8 Å². The molecule has 0 aromatic heterocycles. The second-order valence-electron chi connectivity index (χ2n) is 3.75. The van der Waals surface area contributed by atoms with Gasteiger partial charge in [-0.1, -0.05) is 6.07 Å². The van der Waals surface area contributed by atoms with Crippen molar-refractivity contribution in [2.75, 3.05) is 20.1 Å². The molecule has 2 rings (SSSR count). The Kier molecular flexibility index (Phi) is 5.22. The number of hydrogen-bond donors (Lipinski definition) is 1. The van der Waals surface area contributed by atoms with Crippen molar-refractivity contribution in [1.29, 1.82) is 0 Å². The van der Waals surface area contributed by atoms with Gasteiger partial charge in [-0.3, -0.25) is 0 Å². The standard InChI is InChI=1S/C10H13N3O3S2.ClH/c1-13(6-5-11)18(15,16)9-4-2-3-8-10(9)17(14)7-12-8;/h2-4,7H,5-6,11H2,1H3;1H. The highest BCUT2D eigenvalue weighted by molar-refractivity contribution is 7.99. The molecule has 1 unspecified atom stereocenters. The summed E-state index contributed by atoms with van der Waals surface area (Å²) >= 11 is 0. The third kappa shape index (κ3) is 2.87. The predicted octanol–water partition coefficient (Wildman–Crippen LogP) is 0.469. The number of sulfonamides is 1. The molecule has 0 spiro atoms. The summed E-state index contributed by atoms with van der Waals surface area (Å²) in [5, 5.41) is 0. The highest BCUT2D eigenvalue weighted by Crippen LogP contribution is 2.34. The molecule has 0 radical (unpaired) electrons. The van der Waals surface area contributed by atoms with Gasteiger partial charge in [0.15, 0.2) is 0 Å². The van der Waals surface area contributed by atoms with Crippen LogP contribution < -0.4 is 5.73 Å². The summed E-state index contributed by atoms with van der Waals surface area (Å²) in [4.78, 5) is 4.21. The average molecular weight is 324 g/mol. The molecule has 9 heteroatoms. The third-order valence-corrected chi connectivity index (χ3v) is 5.74. The van der Waals surface area contributed by atoms with Gasteiger partial charge >= 0.3 is 0 Å². The van der Waals surface area contributed by atoms with Crippen molar-refractivity contribution in [1.82, 2.24) is 4.31 Å². The second-order valence-corrected chi connectivity index (χ2v) is 6.98. The number of hydrogen-bond acceptors (Lipinski definition) is 5. The van der Waals surface area contributed by atoms with Crippen molar-refractivity contribution >= 4 is 44.5 Å². The van der Waals surface area contributed by atoms with Crippen LogP contribution in [-0.4, -0.2) is 42.6 Å². The van der Waals surface area contributed by atoms with Gasteiger partial charge in [0.25, 0.3) is 0 Å². The van der Waals surface area contributed by atoms with Crippen molar-refractivity contribution < 1.29 is 12.6 Å². The highest BCUT2D eigenvalue weighted by atomic mass is 35.5. The monoisotopic (exact) mass is 323 g/mol. The molecule has 1 atom stereocenters. The smallest absolute Gasteiger partial charge is 0.244 e. The van der Waals surface area contributed by atoms with Crippen LogP contribution in [0.1, 0.15) is 0 Å². The maximum atomic E-state index is 12.3. The van der Waals surface area contributed by atoms with E-state index in [4.69, 9.17) is 5.73 Å². The van der Waals surface area contributed by atoms with Gasteiger partial charge in [0.1, 0.15) is 4.90 Å². The van der Waals surface area contributed by atoms with Crippen molar-refractivity contribution in [3.8, 4) is 0 Å². The molecule has 1 aromatic rings. The molecule has 0 amide bonds. The first kappa shape index (κ1) is 16.3. The van der Waals surface area contributed by atoms with E-state index in [1.807, 2.05) is 0 Å². The van der Waals surface area contributed by atoms with Crippen LogP contribution in [0.3, 0.4) is 0 Å². The summed E-state index contributed by atoms with van der Waals surface area (Å²) in [5.41, 5.74) is 7.04. The van der Waals surface area contributed by atoms with Gasteiger partial charge in [-0.15, -0.1) is 12.4 Å². The van der Waals surface area contributed by atoms with E-state index in [9.17, 15) is 12.6 Å². The minimum Gasteiger partial charge on any atom is -0.329 e. The summed E-state index contributed by atoms with van der Waals surface area (Å²) < 4.78 is 37.5. The minimum atomic E-state index is -3.68. The zero-order chi connectivity index (χ0) is 13.3. The van der Waals surface area contributed by atoms with Gasteiger partial charge in [-0.05, 0) is 12.1 Å². The van der Waals surface area contributed by atoms with E-state index in [1.54, 1.807) is 12.1 Å². The van der Waals surface area contributed by atoms with Crippen LogP contribution in [0.5, 0.6) is 0 Å². The van der Waals surface area contributed by atoms with Crippen LogP contribution in [0.2, 0.25) is 0 Å². The molecular formula is C10H14ClN3O3S2. The fourth-order valence-corrected chi connectivity index (χ4v) is 4.38. The van der Waals surface area contributed by atoms with Gasteiger partial charge in [0.05, 0.1) is 26.9 Å². The van der Waals surface area contributed by atoms with Gasteiger partial charge in [-0.2, -0.15) is 4.31 Å². The zero-order valence-corrected chi connectivity index (χ0v) is 12.6. The maximum Gasteiger partial charge on any atom is 0.244 e. The summed E-state index contributed by atoms with van der Waals surface area (Å²) in [7, 11) is -3.74. The molecule has 19 heavy (non-hydrogen) atoms. The minimum absolute atomic E-state index is 0. The van der Waals surface area contributed by atoms with E-state index in [1.165, 1.54) is 18.7 Å². The SMILES string of the molecule is CN(CCN)S(=O)(=O)c1cccc2c1S(=O)C=N2.Cl. The maximum absolute atomic E-state index is 12.3. The summed E-state index contributed by atoms with van der Waals surface area (Å²) in [6.07, 6.45) is 0. The predicted molar refractivity (Wildman–Crippen MR) is 77.1 cm³/mol. The van der Waals surface area contributed by atoms with Crippen LogP contribution in [0.15, 0.2) is 33.0 Å². The number of rotatable bonds is 4. The molecule has 2 N–H and O–H groups in total. The van der Waals surface area contributed by atoms with Crippen molar-refractivity contribution in [3.05, 3.63) is 18.2 Å². The number of nitrogens with two attached hydrogens (primary N) is 1. The molecule has 1 aromatic carbocycles. The molecule has 0 saturated carbocycles. The Bertz CT molecular complexity index is 631. The fourth-order valence-electron chi connectivity index (χ4n) is 1.64. The van der Waals surface area contributed by atoms with E-state index >= 15 is 0 Å². The molecule has 1 aliphatic heterocycles. The first-order valence-electron chi connectivity index (χ1n) is 5.22. The third-order valence-electron chi connectivity index (χ3n) is 2.58. The summed E-state index contributed by atoms with van der Waals surface area (Å²) in [6.45, 7) is 0.434. The largest absolute Gasteiger partial charge is 0.329 e. The molecule has 106 valence electrons. The molecule has 0 aliphatic carbocycles. The fraction of sp³-hybridized carbons (Fsp3) is 0.300. The molecule has 1 aliphatic rings. The average Bonchev–Trinajstić information content (AvgIpc) is 2.71. The van der Waals surface area contributed by atoms with Crippen molar-refractivity contribution in [2.24, 2.45) is 10.7 Å². The Morgan fingerprint density at radius 1 is 1.42 bits per heavy atom. The number of fused-ring (bicyclic) bond motifs is 1. The molecule has 0 fully saturated rings. The van der Waals surface area contributed by atoms with Crippen LogP contribution >= 0.6 is 12.4 Å². The lowest BCUT2D eigenvalue weighted by atomic mass is 10.3. The number of benzene rings is 1. The van der Waals surface area contributed by atoms with Gasteiger partial charge in [-0.25, -0.2) is 17.6 Å². The lowest BCUT2D eigenvalue weighted by molar-refractivity contribution is 0.475. The van der Waals surface area contributed by atoms with E-state index in [0.717, 1.165) is 4.31 Å². The molecule has 6 nitrogen and oxygen atoms in total. The van der Waals surface area contributed by atoms with Crippen LogP contribution in [0.4, 0.5) is 5.69 Å². The van der Waals surface area contributed by atoms with Crippen molar-refractivity contribution in [3.63, 3.8) is 0 Å². The van der Waals surface area contributed by atoms with E-state index in [2.05, 4.69) is 4.99 Å². The van der Waals surface area contributed by atoms with E-state index in [0.29, 0.717) is 5.69 Å². The topological polar surface area (TPSA) is 92.8 Å². The zero-order valence-electron chi connectivity index (χ0n) is 10.1. The lowest BCUT2D eigenvalue weighted by Crippen LogP contribution is -2.32. The molecule has 0 bridgehead atoms. The Morgan fingerprint density at radius 2 is 2.11 bits per heavy atom. The second kappa shape index (κ2) is 6.10. The first-order chi connectivity index (χ1) is 8.48. The van der Waals surface area contributed by atoms with E-state index < -0.39 is 20.8 Å². The Morgan fingerprint density at radius 3 is 2.74 bits per heavy atom. The van der Waals surface area contributed by atoms with E-state index in [-0.39, 0.29) is 35.3 Å². The normalized spacial score (nSPS) is 17.3. The molecular weight excluding hydrogens is 310 g/mol. The lowest BCUT2D eigenvalue weighted by Gasteiger charge is -2.17. The quantitative estimate of drug-likeness (QED) is 0.871. The molecule has 1 heterocycles. The van der Waals surface area contributed by atoms with Gasteiger partial charge in [0.2, 0.25) is 10.0 Å². The number of halogens is 1. The van der Waals surface area contributed by atoms with Crippen molar-refractivity contribution in [2.45, 2.75) is 9.79 Å².